The fourth-order valence-corrected chi connectivity index (χ4v) is 2.47. The second-order valence-electron chi connectivity index (χ2n) is 5.47. The molecule has 0 bridgehead atoms. The number of carbonyl (C=O) groups is 2. The molecule has 0 aromatic heterocycles. The van der Waals surface area contributed by atoms with E-state index in [1.54, 1.807) is 12.0 Å². The monoisotopic (exact) mass is 377 g/mol. The number of piperazine rings is 1. The molecule has 1 aliphatic heterocycles. The quantitative estimate of drug-likeness (QED) is 0.748. The number of ether oxygens (including phenoxy) is 1. The maximum Gasteiger partial charge on any atom is 0.256 e. The molecule has 0 atom stereocenters. The summed E-state index contributed by atoms with van der Waals surface area (Å²) in [6.45, 7) is 2.74. The summed E-state index contributed by atoms with van der Waals surface area (Å²) in [5.74, 6) is -2.13. The summed E-state index contributed by atoms with van der Waals surface area (Å²) in [6, 6.07) is 2.89. The molecular formula is C16H22ClF2N3O3. The third-order valence-corrected chi connectivity index (χ3v) is 3.84. The molecule has 6 nitrogen and oxygen atoms in total. The molecule has 1 aliphatic rings. The van der Waals surface area contributed by atoms with Gasteiger partial charge in [0.1, 0.15) is 11.6 Å². The van der Waals surface area contributed by atoms with Crippen LogP contribution in [0.2, 0.25) is 0 Å². The molecule has 1 aromatic rings. The minimum absolute atomic E-state index is 0. The molecule has 0 unspecified atom stereocenters. The molecule has 1 heterocycles. The molecule has 2 amide bonds. The number of rotatable bonds is 6. The van der Waals surface area contributed by atoms with Crippen LogP contribution >= 0.6 is 12.4 Å². The van der Waals surface area contributed by atoms with Crippen molar-refractivity contribution in [3.63, 3.8) is 0 Å². The summed E-state index contributed by atoms with van der Waals surface area (Å²) in [5.41, 5.74) is -0.155. The highest BCUT2D eigenvalue weighted by Gasteiger charge is 2.26. The molecule has 25 heavy (non-hydrogen) atoms. The van der Waals surface area contributed by atoms with Gasteiger partial charge in [-0.3, -0.25) is 9.59 Å². The summed E-state index contributed by atoms with van der Waals surface area (Å²) in [7, 11) is 1.59. The minimum atomic E-state index is -0.874. The van der Waals surface area contributed by atoms with E-state index in [9.17, 15) is 18.4 Å². The Bertz CT molecular complexity index is 596. The molecular weight excluding hydrogens is 356 g/mol. The van der Waals surface area contributed by atoms with Gasteiger partial charge in [-0.25, -0.2) is 8.78 Å². The van der Waals surface area contributed by atoms with E-state index in [0.717, 1.165) is 12.1 Å². The number of hydrogen-bond acceptors (Lipinski definition) is 4. The number of halogens is 3. The van der Waals surface area contributed by atoms with Crippen molar-refractivity contribution in [1.82, 2.24) is 15.1 Å². The fourth-order valence-electron chi connectivity index (χ4n) is 2.47. The number of methoxy groups -OCH3 is 1. The summed E-state index contributed by atoms with van der Waals surface area (Å²) in [4.78, 5) is 27.4. The molecule has 1 saturated heterocycles. The molecule has 0 aliphatic carbocycles. The number of nitrogens with one attached hydrogen (secondary N) is 1. The highest BCUT2D eigenvalue weighted by atomic mass is 35.5. The Balaban J connectivity index is 0.00000312. The molecule has 140 valence electrons. The van der Waals surface area contributed by atoms with Crippen molar-refractivity contribution in [1.29, 1.82) is 0 Å². The number of hydrogen-bond donors (Lipinski definition) is 1. The van der Waals surface area contributed by atoms with E-state index in [-0.39, 0.29) is 30.4 Å². The van der Waals surface area contributed by atoms with Crippen LogP contribution in [-0.2, 0) is 9.53 Å². The Morgan fingerprint density at radius 3 is 2.40 bits per heavy atom. The van der Waals surface area contributed by atoms with Gasteiger partial charge in [-0.1, -0.05) is 0 Å². The second-order valence-corrected chi connectivity index (χ2v) is 5.47. The lowest BCUT2D eigenvalue weighted by molar-refractivity contribution is -0.131. The van der Waals surface area contributed by atoms with Crippen LogP contribution in [0.1, 0.15) is 10.4 Å². The van der Waals surface area contributed by atoms with Gasteiger partial charge in [0.15, 0.2) is 0 Å². The van der Waals surface area contributed by atoms with Crippen LogP contribution in [0.3, 0.4) is 0 Å². The first-order valence-electron chi connectivity index (χ1n) is 7.74. The van der Waals surface area contributed by atoms with E-state index in [0.29, 0.717) is 45.4 Å². The van der Waals surface area contributed by atoms with Crippen molar-refractivity contribution >= 4 is 24.2 Å². The van der Waals surface area contributed by atoms with E-state index in [1.165, 1.54) is 4.90 Å². The van der Waals surface area contributed by atoms with E-state index < -0.39 is 17.5 Å². The van der Waals surface area contributed by atoms with Crippen molar-refractivity contribution in [2.75, 3.05) is 53.0 Å². The first kappa shape index (κ1) is 21.3. The minimum Gasteiger partial charge on any atom is -0.383 e. The summed E-state index contributed by atoms with van der Waals surface area (Å²) in [5, 5.41) is 2.97. The van der Waals surface area contributed by atoms with Crippen LogP contribution in [0, 0.1) is 11.6 Å². The predicted octanol–water partition coefficient (Wildman–Crippen LogP) is 0.907. The molecule has 1 N–H and O–H groups in total. The van der Waals surface area contributed by atoms with Crippen molar-refractivity contribution in [2.45, 2.75) is 0 Å². The van der Waals surface area contributed by atoms with Crippen LogP contribution in [0.15, 0.2) is 18.2 Å². The smallest absolute Gasteiger partial charge is 0.256 e. The molecule has 1 fully saturated rings. The maximum atomic E-state index is 13.7. The van der Waals surface area contributed by atoms with Crippen molar-refractivity contribution in [3.05, 3.63) is 35.4 Å². The van der Waals surface area contributed by atoms with Gasteiger partial charge >= 0.3 is 0 Å². The molecule has 0 saturated carbocycles. The lowest BCUT2D eigenvalue weighted by Crippen LogP contribution is -2.52. The number of nitrogens with zero attached hydrogens (tertiary/aromatic N) is 2. The predicted molar refractivity (Wildman–Crippen MR) is 90.8 cm³/mol. The van der Waals surface area contributed by atoms with Crippen molar-refractivity contribution < 1.29 is 23.1 Å². The fraction of sp³-hybridized carbons (Fsp3) is 0.500. The number of benzene rings is 1. The normalized spacial score (nSPS) is 14.2. The standard InChI is InChI=1S/C16H21F2N3O3.ClH/c1-24-9-4-19-11-15(22)20-5-7-21(8-6-20)16(23)13-3-2-12(17)10-14(13)18;/h2-3,10,19H,4-9,11H2,1H3;1H. The Morgan fingerprint density at radius 1 is 1.16 bits per heavy atom. The van der Waals surface area contributed by atoms with Gasteiger partial charge in [0, 0.05) is 45.9 Å². The zero-order valence-corrected chi connectivity index (χ0v) is 14.8. The first-order chi connectivity index (χ1) is 11.5. The highest BCUT2D eigenvalue weighted by molar-refractivity contribution is 5.94. The number of amides is 2. The van der Waals surface area contributed by atoms with E-state index in [1.807, 2.05) is 0 Å². The van der Waals surface area contributed by atoms with Gasteiger partial charge in [0.05, 0.1) is 18.7 Å². The Morgan fingerprint density at radius 2 is 1.80 bits per heavy atom. The average molecular weight is 378 g/mol. The number of carbonyl (C=O) groups excluding carboxylic acids is 2. The SMILES string of the molecule is COCCNCC(=O)N1CCN(C(=O)c2ccc(F)cc2F)CC1.Cl. The lowest BCUT2D eigenvalue weighted by Gasteiger charge is -2.35. The first-order valence-corrected chi connectivity index (χ1v) is 7.74. The van der Waals surface area contributed by atoms with Gasteiger partial charge in [-0.2, -0.15) is 0 Å². The van der Waals surface area contributed by atoms with Crippen LogP contribution in [0.4, 0.5) is 8.78 Å². The lowest BCUT2D eigenvalue weighted by atomic mass is 10.1. The third-order valence-electron chi connectivity index (χ3n) is 3.84. The summed E-state index contributed by atoms with van der Waals surface area (Å²) < 4.78 is 31.5. The van der Waals surface area contributed by atoms with Crippen molar-refractivity contribution in [3.8, 4) is 0 Å². The van der Waals surface area contributed by atoms with Crippen LogP contribution in [0.5, 0.6) is 0 Å². The van der Waals surface area contributed by atoms with E-state index >= 15 is 0 Å². The molecule has 0 radical (unpaired) electrons. The molecule has 9 heteroatoms. The van der Waals surface area contributed by atoms with Crippen LogP contribution in [0.25, 0.3) is 0 Å². The maximum absolute atomic E-state index is 13.7. The molecule has 1 aromatic carbocycles. The van der Waals surface area contributed by atoms with Gasteiger partial charge in [-0.15, -0.1) is 12.4 Å². The van der Waals surface area contributed by atoms with Crippen LogP contribution in [-0.4, -0.2) is 74.6 Å². The van der Waals surface area contributed by atoms with E-state index in [2.05, 4.69) is 5.32 Å². The second kappa shape index (κ2) is 10.3. The third kappa shape index (κ3) is 5.91. The van der Waals surface area contributed by atoms with Gasteiger partial charge in [-0.05, 0) is 12.1 Å². The van der Waals surface area contributed by atoms with Crippen molar-refractivity contribution in [2.24, 2.45) is 0 Å². The van der Waals surface area contributed by atoms with Crippen LogP contribution < -0.4 is 5.32 Å². The molecule has 0 spiro atoms. The zero-order valence-electron chi connectivity index (χ0n) is 14.0. The van der Waals surface area contributed by atoms with Gasteiger partial charge in [0.2, 0.25) is 5.91 Å². The average Bonchev–Trinajstić information content (AvgIpc) is 2.58. The zero-order chi connectivity index (χ0) is 17.5. The van der Waals surface area contributed by atoms with E-state index in [4.69, 9.17) is 4.74 Å². The Kier molecular flexibility index (Phi) is 8.74. The van der Waals surface area contributed by atoms with Gasteiger partial charge in [0.25, 0.3) is 5.91 Å². The van der Waals surface area contributed by atoms with Gasteiger partial charge < -0.3 is 19.9 Å². The Labute approximate surface area is 151 Å². The highest BCUT2D eigenvalue weighted by Crippen LogP contribution is 2.14. The topological polar surface area (TPSA) is 61.9 Å². The molecule has 2 rings (SSSR count). The largest absolute Gasteiger partial charge is 0.383 e. The Hall–Kier alpha value is -1.77. The summed E-state index contributed by atoms with van der Waals surface area (Å²) in [6.07, 6.45) is 0. The summed E-state index contributed by atoms with van der Waals surface area (Å²) >= 11 is 0.